The maximum Gasteiger partial charge on any atom is 0.338 e. The molecule has 0 aliphatic heterocycles. The van der Waals surface area contributed by atoms with Crippen molar-refractivity contribution in [2.75, 3.05) is 18.1 Å². The van der Waals surface area contributed by atoms with Crippen molar-refractivity contribution in [3.8, 4) is 11.8 Å². The number of carbonyl (C=O) groups is 2. The number of phenols is 1. The Kier molecular flexibility index (Phi) is 6.07. The number of nitriles is 1. The van der Waals surface area contributed by atoms with Gasteiger partial charge in [-0.15, -0.1) is 0 Å². The summed E-state index contributed by atoms with van der Waals surface area (Å²) in [7, 11) is 0. The number of phenolic OH excluding ortho intramolecular Hbond substituents is 1. The minimum Gasteiger partial charge on any atom is -0.508 e. The first-order valence-electron chi connectivity index (χ1n) is 7.41. The van der Waals surface area contributed by atoms with Crippen LogP contribution in [0, 0.1) is 17.1 Å². The van der Waals surface area contributed by atoms with Crippen molar-refractivity contribution >= 4 is 17.6 Å². The number of ether oxygens (including phenoxy) is 1. The average molecular weight is 342 g/mol. The Hall–Kier alpha value is -3.40. The van der Waals surface area contributed by atoms with Crippen molar-refractivity contribution in [2.45, 2.75) is 6.42 Å². The molecule has 0 fully saturated rings. The first-order chi connectivity index (χ1) is 12.0. The van der Waals surface area contributed by atoms with Crippen LogP contribution in [0.4, 0.5) is 10.1 Å². The van der Waals surface area contributed by atoms with Gasteiger partial charge in [-0.2, -0.15) is 5.26 Å². The summed E-state index contributed by atoms with van der Waals surface area (Å²) >= 11 is 0. The van der Waals surface area contributed by atoms with Crippen molar-refractivity contribution in [1.82, 2.24) is 0 Å². The molecule has 0 heterocycles. The fraction of sp³-hybridized carbons (Fsp3) is 0.167. The highest BCUT2D eigenvalue weighted by atomic mass is 19.1. The number of benzene rings is 2. The topological polar surface area (TPSA) is 90.6 Å². The molecule has 2 aromatic carbocycles. The normalized spacial score (nSPS) is 9.92. The molecular formula is C18H15FN2O4. The summed E-state index contributed by atoms with van der Waals surface area (Å²) in [5.41, 5.74) is 0.184. The zero-order chi connectivity index (χ0) is 18.2. The lowest BCUT2D eigenvalue weighted by molar-refractivity contribution is -0.121. The van der Waals surface area contributed by atoms with Crippen molar-refractivity contribution in [3.63, 3.8) is 0 Å². The average Bonchev–Trinajstić information content (AvgIpc) is 2.62. The molecule has 0 saturated heterocycles. The Morgan fingerprint density at radius 2 is 1.84 bits per heavy atom. The maximum atomic E-state index is 13.9. The second-order valence-electron chi connectivity index (χ2n) is 5.03. The van der Waals surface area contributed by atoms with Gasteiger partial charge in [0.25, 0.3) is 5.91 Å². The van der Waals surface area contributed by atoms with Gasteiger partial charge in [-0.25, -0.2) is 9.18 Å². The third-order valence-electron chi connectivity index (χ3n) is 3.32. The van der Waals surface area contributed by atoms with E-state index in [0.717, 1.165) is 4.90 Å². The van der Waals surface area contributed by atoms with Gasteiger partial charge in [-0.1, -0.05) is 12.1 Å². The van der Waals surface area contributed by atoms with Crippen LogP contribution in [0.2, 0.25) is 0 Å². The molecule has 6 nitrogen and oxygen atoms in total. The predicted molar refractivity (Wildman–Crippen MR) is 87.4 cm³/mol. The van der Waals surface area contributed by atoms with Crippen molar-refractivity contribution in [3.05, 3.63) is 59.9 Å². The first kappa shape index (κ1) is 17.9. The third kappa shape index (κ3) is 4.78. The number of nitrogens with zero attached hydrogens (tertiary/aromatic N) is 2. The van der Waals surface area contributed by atoms with Gasteiger partial charge in [0, 0.05) is 6.54 Å². The highest BCUT2D eigenvalue weighted by Crippen LogP contribution is 2.19. The summed E-state index contributed by atoms with van der Waals surface area (Å²) in [6, 6.07) is 12.9. The molecule has 0 atom stereocenters. The number of esters is 1. The summed E-state index contributed by atoms with van der Waals surface area (Å²) in [5, 5.41) is 17.9. The molecule has 0 aliphatic carbocycles. The van der Waals surface area contributed by atoms with Gasteiger partial charge in [-0.3, -0.25) is 4.79 Å². The van der Waals surface area contributed by atoms with Crippen LogP contribution in [0.1, 0.15) is 16.8 Å². The fourth-order valence-electron chi connectivity index (χ4n) is 2.10. The Labute approximate surface area is 143 Å². The zero-order valence-corrected chi connectivity index (χ0v) is 13.2. The van der Waals surface area contributed by atoms with Crippen LogP contribution in [0.3, 0.4) is 0 Å². The monoisotopic (exact) mass is 342 g/mol. The van der Waals surface area contributed by atoms with Gasteiger partial charge in [0.15, 0.2) is 6.61 Å². The van der Waals surface area contributed by atoms with E-state index in [0.29, 0.717) is 0 Å². The van der Waals surface area contributed by atoms with Crippen LogP contribution in [0.15, 0.2) is 48.5 Å². The van der Waals surface area contributed by atoms with Gasteiger partial charge in [0.2, 0.25) is 0 Å². The standard InChI is InChI=1S/C18H15FN2O4/c19-15-4-1-2-5-16(15)21(11-3-10-20)17(23)12-25-18(24)13-6-8-14(22)9-7-13/h1-2,4-9,22H,3,11-12H2. The molecule has 0 aromatic heterocycles. The van der Waals surface area contributed by atoms with Crippen LogP contribution in [0.25, 0.3) is 0 Å². The lowest BCUT2D eigenvalue weighted by Crippen LogP contribution is -2.36. The van der Waals surface area contributed by atoms with Crippen molar-refractivity contribution < 1.29 is 23.8 Å². The van der Waals surface area contributed by atoms with E-state index in [1.165, 1.54) is 42.5 Å². The molecular weight excluding hydrogens is 327 g/mol. The number of aromatic hydroxyl groups is 1. The Morgan fingerprint density at radius 3 is 2.48 bits per heavy atom. The zero-order valence-electron chi connectivity index (χ0n) is 13.2. The van der Waals surface area contributed by atoms with E-state index >= 15 is 0 Å². The number of carbonyl (C=O) groups excluding carboxylic acids is 2. The Balaban J connectivity index is 2.07. The molecule has 0 radical (unpaired) electrons. The molecule has 0 saturated carbocycles. The van der Waals surface area contributed by atoms with Crippen LogP contribution >= 0.6 is 0 Å². The highest BCUT2D eigenvalue weighted by Gasteiger charge is 2.20. The first-order valence-corrected chi connectivity index (χ1v) is 7.41. The van der Waals surface area contributed by atoms with E-state index in [9.17, 15) is 19.1 Å². The van der Waals surface area contributed by atoms with Crippen LogP contribution in [-0.4, -0.2) is 30.1 Å². The molecule has 1 amide bonds. The van der Waals surface area contributed by atoms with E-state index in [2.05, 4.69) is 0 Å². The number of para-hydroxylation sites is 1. The predicted octanol–water partition coefficient (Wildman–Crippen LogP) is 2.63. The van der Waals surface area contributed by atoms with Crippen LogP contribution in [0.5, 0.6) is 5.75 Å². The number of amides is 1. The molecule has 2 rings (SSSR count). The number of anilines is 1. The Morgan fingerprint density at radius 1 is 1.16 bits per heavy atom. The summed E-state index contributed by atoms with van der Waals surface area (Å²) in [6.07, 6.45) is 0.00594. The van der Waals surface area contributed by atoms with E-state index < -0.39 is 24.3 Å². The van der Waals surface area contributed by atoms with Crippen molar-refractivity contribution in [2.24, 2.45) is 0 Å². The van der Waals surface area contributed by atoms with Crippen molar-refractivity contribution in [1.29, 1.82) is 5.26 Å². The second kappa shape index (κ2) is 8.45. The lowest BCUT2D eigenvalue weighted by Gasteiger charge is -2.22. The van der Waals surface area contributed by atoms with Gasteiger partial charge >= 0.3 is 5.97 Å². The highest BCUT2D eigenvalue weighted by molar-refractivity contribution is 5.97. The van der Waals surface area contributed by atoms with Gasteiger partial charge in [0.05, 0.1) is 23.7 Å². The molecule has 0 unspecified atom stereocenters. The number of halogens is 1. The lowest BCUT2D eigenvalue weighted by atomic mass is 10.2. The van der Waals surface area contributed by atoms with E-state index in [-0.39, 0.29) is 30.0 Å². The Bertz CT molecular complexity index is 799. The largest absolute Gasteiger partial charge is 0.508 e. The summed E-state index contributed by atoms with van der Waals surface area (Å²) < 4.78 is 18.9. The molecule has 1 N–H and O–H groups in total. The molecule has 0 aliphatic rings. The second-order valence-corrected chi connectivity index (χ2v) is 5.03. The van der Waals surface area contributed by atoms with Gasteiger partial charge < -0.3 is 14.7 Å². The quantitative estimate of drug-likeness (QED) is 0.815. The van der Waals surface area contributed by atoms with Crippen LogP contribution < -0.4 is 4.90 Å². The maximum absolute atomic E-state index is 13.9. The molecule has 128 valence electrons. The van der Waals surface area contributed by atoms with E-state index in [1.54, 1.807) is 6.07 Å². The number of hydrogen-bond donors (Lipinski definition) is 1. The molecule has 2 aromatic rings. The molecule has 7 heteroatoms. The van der Waals surface area contributed by atoms with Gasteiger partial charge in [0.1, 0.15) is 11.6 Å². The fourth-order valence-corrected chi connectivity index (χ4v) is 2.10. The minimum atomic E-state index is -0.748. The SMILES string of the molecule is N#CCCN(C(=O)COC(=O)c1ccc(O)cc1)c1ccccc1F. The minimum absolute atomic E-state index is 0.00476. The summed E-state index contributed by atoms with van der Waals surface area (Å²) in [5.74, 6) is -2.01. The molecule has 0 bridgehead atoms. The third-order valence-corrected chi connectivity index (χ3v) is 3.32. The van der Waals surface area contributed by atoms with Crippen LogP contribution in [-0.2, 0) is 9.53 Å². The number of hydrogen-bond acceptors (Lipinski definition) is 5. The summed E-state index contributed by atoms with van der Waals surface area (Å²) in [4.78, 5) is 25.3. The molecule has 25 heavy (non-hydrogen) atoms. The molecule has 0 spiro atoms. The van der Waals surface area contributed by atoms with E-state index in [4.69, 9.17) is 10.00 Å². The smallest absolute Gasteiger partial charge is 0.338 e. The summed E-state index contributed by atoms with van der Waals surface area (Å²) in [6.45, 7) is -0.619. The number of rotatable bonds is 6. The van der Waals surface area contributed by atoms with E-state index in [1.807, 2.05) is 6.07 Å². The van der Waals surface area contributed by atoms with Gasteiger partial charge in [-0.05, 0) is 36.4 Å².